The van der Waals surface area contributed by atoms with E-state index in [9.17, 15) is 5.11 Å². The lowest BCUT2D eigenvalue weighted by atomic mass is 9.76. The van der Waals surface area contributed by atoms with Gasteiger partial charge in [0.05, 0.1) is 0 Å². The number of hydrogen-bond acceptors (Lipinski definition) is 3. The molecule has 0 heterocycles. The molecule has 2 atom stereocenters. The molecule has 3 nitrogen and oxygen atoms in total. The summed E-state index contributed by atoms with van der Waals surface area (Å²) in [6, 6.07) is 26.7. The number of hydrogen-bond donors (Lipinski definition) is 2. The molecule has 0 aliphatic heterocycles. The second-order valence-electron chi connectivity index (χ2n) is 7.02. The van der Waals surface area contributed by atoms with Gasteiger partial charge in [0.2, 0.25) is 0 Å². The highest BCUT2D eigenvalue weighted by Crippen LogP contribution is 2.41. The van der Waals surface area contributed by atoms with E-state index in [0.717, 1.165) is 18.7 Å². The zero-order chi connectivity index (χ0) is 19.8. The zero-order valence-electron chi connectivity index (χ0n) is 16.6. The number of rotatable bonds is 9. The van der Waals surface area contributed by atoms with Gasteiger partial charge in [0.1, 0.15) is 18.1 Å². The Morgan fingerprint density at radius 3 is 2.00 bits per heavy atom. The quantitative estimate of drug-likeness (QED) is 0.498. The lowest BCUT2D eigenvalue weighted by Gasteiger charge is -2.28. The summed E-state index contributed by atoms with van der Waals surface area (Å²) in [5, 5.41) is 12.8. The molecule has 0 saturated heterocycles. The lowest BCUT2D eigenvalue weighted by Crippen LogP contribution is -2.16. The van der Waals surface area contributed by atoms with Gasteiger partial charge in [-0.2, -0.15) is 0 Å². The van der Waals surface area contributed by atoms with E-state index in [0.29, 0.717) is 18.3 Å². The predicted molar refractivity (Wildman–Crippen MR) is 115 cm³/mol. The number of likely N-dealkylation sites (N-methyl/N-ethyl adjacent to an activating group) is 1. The first-order valence-electron chi connectivity index (χ1n) is 9.94. The number of aromatic hydroxyl groups is 1. The van der Waals surface area contributed by atoms with Crippen LogP contribution in [0.2, 0.25) is 0 Å². The lowest BCUT2D eigenvalue weighted by molar-refractivity contribution is 0.318. The van der Waals surface area contributed by atoms with Gasteiger partial charge in [-0.3, -0.25) is 0 Å². The van der Waals surface area contributed by atoms with Crippen LogP contribution < -0.4 is 10.1 Å². The molecule has 0 radical (unpaired) electrons. The van der Waals surface area contributed by atoms with Gasteiger partial charge in [-0.15, -0.1) is 0 Å². The molecule has 28 heavy (non-hydrogen) atoms. The first-order chi connectivity index (χ1) is 13.7. The summed E-state index contributed by atoms with van der Waals surface area (Å²) in [7, 11) is 1.92. The molecule has 146 valence electrons. The molecular formula is C25H29NO2. The molecule has 2 N–H and O–H groups in total. The van der Waals surface area contributed by atoms with Gasteiger partial charge in [-0.05, 0) is 60.3 Å². The second kappa shape index (κ2) is 9.95. The number of phenolic OH excluding ortho intramolecular Hbond substituents is 1. The highest BCUT2D eigenvalue weighted by atomic mass is 16.5. The number of nitrogens with one attached hydrogen (secondary N) is 1. The predicted octanol–water partition coefficient (Wildman–Crippen LogP) is 5.32. The molecular weight excluding hydrogens is 346 g/mol. The van der Waals surface area contributed by atoms with E-state index in [2.05, 4.69) is 66.8 Å². The van der Waals surface area contributed by atoms with Crippen LogP contribution in [0.1, 0.15) is 41.9 Å². The summed E-state index contributed by atoms with van der Waals surface area (Å²) < 4.78 is 5.78. The van der Waals surface area contributed by atoms with Crippen molar-refractivity contribution in [2.24, 2.45) is 0 Å². The van der Waals surface area contributed by atoms with Crippen LogP contribution in [0.3, 0.4) is 0 Å². The van der Waals surface area contributed by atoms with Crippen molar-refractivity contribution in [2.45, 2.75) is 25.2 Å². The number of benzene rings is 3. The van der Waals surface area contributed by atoms with E-state index in [-0.39, 0.29) is 5.92 Å². The third-order valence-corrected chi connectivity index (χ3v) is 5.18. The van der Waals surface area contributed by atoms with Crippen molar-refractivity contribution in [1.29, 1.82) is 0 Å². The molecule has 0 saturated carbocycles. The third-order valence-electron chi connectivity index (χ3n) is 5.18. The maximum absolute atomic E-state index is 9.74. The Balaban J connectivity index is 1.95. The molecule has 3 rings (SSSR count). The minimum Gasteiger partial charge on any atom is -0.508 e. The van der Waals surface area contributed by atoms with E-state index in [1.165, 1.54) is 16.7 Å². The van der Waals surface area contributed by atoms with Gasteiger partial charge in [-0.1, -0.05) is 61.5 Å². The second-order valence-corrected chi connectivity index (χ2v) is 7.02. The van der Waals surface area contributed by atoms with Crippen LogP contribution in [0.15, 0.2) is 78.9 Å². The molecule has 1 unspecified atom stereocenters. The fourth-order valence-corrected chi connectivity index (χ4v) is 3.75. The zero-order valence-corrected chi connectivity index (χ0v) is 16.6. The Morgan fingerprint density at radius 1 is 0.821 bits per heavy atom. The summed E-state index contributed by atoms with van der Waals surface area (Å²) in [6.07, 6.45) is 1.02. The van der Waals surface area contributed by atoms with Crippen LogP contribution >= 0.6 is 0 Å². The van der Waals surface area contributed by atoms with Crippen molar-refractivity contribution in [3.05, 3.63) is 95.6 Å². The van der Waals surface area contributed by atoms with Gasteiger partial charge in [0.15, 0.2) is 0 Å². The maximum Gasteiger partial charge on any atom is 0.119 e. The van der Waals surface area contributed by atoms with Crippen LogP contribution in [-0.2, 0) is 0 Å². The Hall–Kier alpha value is -2.78. The van der Waals surface area contributed by atoms with Crippen LogP contribution in [0.5, 0.6) is 11.5 Å². The van der Waals surface area contributed by atoms with Gasteiger partial charge >= 0.3 is 0 Å². The first-order valence-corrected chi connectivity index (χ1v) is 9.94. The van der Waals surface area contributed by atoms with Gasteiger partial charge in [0.25, 0.3) is 0 Å². The summed E-state index contributed by atoms with van der Waals surface area (Å²) in [4.78, 5) is 0. The Labute approximate surface area is 168 Å². The first kappa shape index (κ1) is 20.0. The highest BCUT2D eigenvalue weighted by Gasteiger charge is 2.25. The molecule has 0 aliphatic carbocycles. The fraction of sp³-hybridized carbons (Fsp3) is 0.280. The summed E-state index contributed by atoms with van der Waals surface area (Å²) >= 11 is 0. The Kier molecular flexibility index (Phi) is 7.10. The van der Waals surface area contributed by atoms with Crippen LogP contribution in [0, 0.1) is 0 Å². The smallest absolute Gasteiger partial charge is 0.119 e. The molecule has 0 spiro atoms. The average molecular weight is 376 g/mol. The normalized spacial score (nSPS) is 13.1. The largest absolute Gasteiger partial charge is 0.508 e. The van der Waals surface area contributed by atoms with E-state index in [4.69, 9.17) is 4.74 Å². The molecule has 0 amide bonds. The van der Waals surface area contributed by atoms with Crippen LogP contribution in [0.25, 0.3) is 0 Å². The maximum atomic E-state index is 9.74. The summed E-state index contributed by atoms with van der Waals surface area (Å²) in [6.45, 7) is 3.71. The standard InChI is InChI=1S/C25H29NO2/c1-3-24(19-7-5-4-6-8-19)25(20-9-13-22(27)14-10-20)21-11-15-23(16-12-21)28-18-17-26-2/h4-16,24-27H,3,17-18H2,1-2H3/t24?,25-/m1/s1. The molecule has 3 aromatic rings. The van der Waals surface area contributed by atoms with Gasteiger partial charge in [-0.25, -0.2) is 0 Å². The molecule has 0 bridgehead atoms. The average Bonchev–Trinajstić information content (AvgIpc) is 2.74. The molecule has 0 fully saturated rings. The Morgan fingerprint density at radius 2 is 1.43 bits per heavy atom. The Bertz CT molecular complexity index is 829. The van der Waals surface area contributed by atoms with Crippen molar-refractivity contribution in [2.75, 3.05) is 20.2 Å². The molecule has 0 aliphatic rings. The van der Waals surface area contributed by atoms with Crippen LogP contribution in [-0.4, -0.2) is 25.3 Å². The van der Waals surface area contributed by atoms with Crippen molar-refractivity contribution in [1.82, 2.24) is 5.32 Å². The van der Waals surface area contributed by atoms with Crippen LogP contribution in [0.4, 0.5) is 0 Å². The number of phenols is 1. The monoisotopic (exact) mass is 375 g/mol. The minimum absolute atomic E-state index is 0.208. The van der Waals surface area contributed by atoms with E-state index < -0.39 is 0 Å². The van der Waals surface area contributed by atoms with Crippen molar-refractivity contribution in [3.8, 4) is 11.5 Å². The van der Waals surface area contributed by atoms with Gasteiger partial charge < -0.3 is 15.2 Å². The fourth-order valence-electron chi connectivity index (χ4n) is 3.75. The molecule has 0 aromatic heterocycles. The molecule has 3 aromatic carbocycles. The van der Waals surface area contributed by atoms with E-state index in [1.54, 1.807) is 12.1 Å². The number of ether oxygens (including phenoxy) is 1. The van der Waals surface area contributed by atoms with Crippen molar-refractivity contribution in [3.63, 3.8) is 0 Å². The van der Waals surface area contributed by atoms with E-state index >= 15 is 0 Å². The van der Waals surface area contributed by atoms with Crippen molar-refractivity contribution >= 4 is 0 Å². The topological polar surface area (TPSA) is 41.5 Å². The highest BCUT2D eigenvalue weighted by molar-refractivity contribution is 5.41. The molecule has 3 heteroatoms. The summed E-state index contributed by atoms with van der Waals surface area (Å²) in [5.41, 5.74) is 3.79. The SMILES string of the molecule is CCC(c1ccccc1)[C@H](c1ccc(O)cc1)c1ccc(OCCNC)cc1. The van der Waals surface area contributed by atoms with Gasteiger partial charge in [0, 0.05) is 12.5 Å². The minimum atomic E-state index is 0.208. The van der Waals surface area contributed by atoms with Crippen molar-refractivity contribution < 1.29 is 9.84 Å². The summed E-state index contributed by atoms with van der Waals surface area (Å²) in [5.74, 6) is 1.74. The third kappa shape index (κ3) is 4.93. The van der Waals surface area contributed by atoms with E-state index in [1.807, 2.05) is 19.2 Å².